The van der Waals surface area contributed by atoms with Crippen LogP contribution < -0.4 is 14.4 Å². The number of benzene rings is 2. The maximum absolute atomic E-state index is 13.7. The lowest BCUT2D eigenvalue weighted by atomic mass is 10.0. The third-order valence-corrected chi connectivity index (χ3v) is 11.2. The molecular weight excluding hydrogens is 729 g/mol. The zero-order valence-corrected chi connectivity index (χ0v) is 30.0. The number of anilines is 1. The van der Waals surface area contributed by atoms with Gasteiger partial charge in [-0.1, -0.05) is 47.5 Å². The van der Waals surface area contributed by atoms with Crippen molar-refractivity contribution in [3.63, 3.8) is 0 Å². The molecule has 0 spiro atoms. The molecule has 14 heteroatoms. The molecule has 276 valence electrons. The molecule has 0 radical (unpaired) electrons. The average molecular weight is 766 g/mol. The number of carbonyl (C=O) groups is 2. The fourth-order valence-corrected chi connectivity index (χ4v) is 8.09. The van der Waals surface area contributed by atoms with Crippen molar-refractivity contribution in [1.29, 1.82) is 0 Å². The van der Waals surface area contributed by atoms with E-state index in [4.69, 9.17) is 42.1 Å². The molecule has 5 heterocycles. The normalized spacial score (nSPS) is 22.9. The summed E-state index contributed by atoms with van der Waals surface area (Å²) in [6, 6.07) is 16.5. The third-order valence-electron chi connectivity index (χ3n) is 10.6. The van der Waals surface area contributed by atoms with E-state index in [1.54, 1.807) is 42.6 Å². The Morgan fingerprint density at radius 3 is 2.42 bits per heavy atom. The predicted octanol–water partition coefficient (Wildman–Crippen LogP) is 8.16. The summed E-state index contributed by atoms with van der Waals surface area (Å²) in [4.78, 5) is 39.7. The molecule has 2 aromatic carbocycles. The van der Waals surface area contributed by atoms with Gasteiger partial charge in [0, 0.05) is 49.9 Å². The zero-order chi connectivity index (χ0) is 36.7. The fraction of sp³-hybridized carbons (Fsp3) is 0.385. The highest BCUT2D eigenvalue weighted by molar-refractivity contribution is 6.35. The second-order valence-corrected chi connectivity index (χ2v) is 14.9. The van der Waals surface area contributed by atoms with Crippen LogP contribution in [0.3, 0.4) is 0 Å². The van der Waals surface area contributed by atoms with E-state index < -0.39 is 30.4 Å². The van der Waals surface area contributed by atoms with Crippen molar-refractivity contribution in [1.82, 2.24) is 14.9 Å². The topological polar surface area (TPSA) is 103 Å². The van der Waals surface area contributed by atoms with Gasteiger partial charge in [0.2, 0.25) is 0 Å². The minimum Gasteiger partial charge on any atom is -0.489 e. The van der Waals surface area contributed by atoms with Gasteiger partial charge in [-0.2, -0.15) is 8.78 Å². The smallest absolute Gasteiger partial charge is 0.416 e. The number of ether oxygens (including phenoxy) is 4. The second-order valence-electron chi connectivity index (χ2n) is 14.0. The molecule has 5 atom stereocenters. The molecule has 1 amide bonds. The van der Waals surface area contributed by atoms with E-state index in [1.165, 1.54) is 35.5 Å². The number of amides is 1. The number of halogens is 4. The first-order chi connectivity index (χ1) is 25.7. The molecule has 3 unspecified atom stereocenters. The maximum Gasteiger partial charge on any atom is 0.416 e. The number of esters is 1. The van der Waals surface area contributed by atoms with E-state index in [0.717, 1.165) is 44.5 Å². The average Bonchev–Trinajstić information content (AvgIpc) is 4.07. The number of hydrogen-bond donors (Lipinski definition) is 0. The molecule has 10 nitrogen and oxygen atoms in total. The monoisotopic (exact) mass is 764 g/mol. The highest BCUT2D eigenvalue weighted by atomic mass is 35.5. The highest BCUT2D eigenvalue weighted by Crippen LogP contribution is 2.63. The fourth-order valence-electron chi connectivity index (χ4n) is 7.57. The van der Waals surface area contributed by atoms with Gasteiger partial charge >= 0.3 is 18.7 Å². The van der Waals surface area contributed by atoms with E-state index >= 15 is 0 Å². The molecule has 5 aliphatic rings. The van der Waals surface area contributed by atoms with Crippen molar-refractivity contribution in [2.24, 2.45) is 17.8 Å². The summed E-state index contributed by atoms with van der Waals surface area (Å²) in [5.74, 6) is 0.929. The summed E-state index contributed by atoms with van der Waals surface area (Å²) >= 11 is 12.9. The van der Waals surface area contributed by atoms with Gasteiger partial charge in [-0.15, -0.1) is 0 Å². The first-order valence-electron chi connectivity index (χ1n) is 17.6. The van der Waals surface area contributed by atoms with E-state index in [-0.39, 0.29) is 40.1 Å². The molecule has 0 N–H and O–H groups in total. The number of rotatable bonds is 14. The van der Waals surface area contributed by atoms with E-state index in [2.05, 4.69) is 14.9 Å². The lowest BCUT2D eigenvalue weighted by Crippen LogP contribution is -2.42. The standard InChI is InChI=1S/C39H36Cl2F2N4O6/c40-30-17-44-18-31(41)27(30)16-33(26-10-11-32(52-37(42)43)34(15-26)50-21-24-4-5-24)51-36(48)25-8-6-23(7-9-25)19-47(35-3-1-2-13-45-35)38(49)53-39-22-46-14-12-28(39)29(39)20-46/h1-3,6-11,13,15,17-18,24,28-29,33,37H,4-5,12,14,16,19-22H2/t28?,29?,33-,39+/m0/s1. The Bertz CT molecular complexity index is 1960. The summed E-state index contributed by atoms with van der Waals surface area (Å²) < 4.78 is 49.4. The quantitative estimate of drug-likeness (QED) is 0.118. The Labute approximate surface area is 314 Å². The number of nitrogens with zero attached hydrogens (tertiary/aromatic N) is 4. The number of fused-ring (bicyclic) bond motifs is 1. The number of aromatic nitrogens is 2. The van der Waals surface area contributed by atoms with Gasteiger partial charge in [0.1, 0.15) is 17.5 Å². The van der Waals surface area contributed by atoms with Gasteiger partial charge in [-0.25, -0.2) is 14.6 Å². The van der Waals surface area contributed by atoms with Crippen molar-refractivity contribution >= 4 is 41.1 Å². The molecule has 3 saturated heterocycles. The number of hydrogen-bond acceptors (Lipinski definition) is 9. The number of pyridine rings is 2. The van der Waals surface area contributed by atoms with Gasteiger partial charge < -0.3 is 18.9 Å². The van der Waals surface area contributed by atoms with E-state index in [0.29, 0.717) is 41.3 Å². The Morgan fingerprint density at radius 2 is 1.77 bits per heavy atom. The molecule has 5 fully saturated rings. The molecule has 4 bridgehead atoms. The maximum atomic E-state index is 13.7. The van der Waals surface area contributed by atoms with Crippen molar-refractivity contribution in [3.05, 3.63) is 112 Å². The van der Waals surface area contributed by atoms with Crippen LogP contribution in [-0.2, 0) is 22.4 Å². The minimum absolute atomic E-state index is 0.0588. The molecule has 2 aliphatic carbocycles. The number of carbonyl (C=O) groups excluding carboxylic acids is 2. The molecule has 2 saturated carbocycles. The van der Waals surface area contributed by atoms with Gasteiger partial charge in [0.25, 0.3) is 0 Å². The van der Waals surface area contributed by atoms with Crippen molar-refractivity contribution < 1.29 is 37.3 Å². The minimum atomic E-state index is -3.05. The summed E-state index contributed by atoms with van der Waals surface area (Å²) in [5, 5.41) is 0.549. The van der Waals surface area contributed by atoms with Crippen LogP contribution in [0.4, 0.5) is 19.4 Å². The van der Waals surface area contributed by atoms with Crippen LogP contribution in [-0.4, -0.2) is 65.4 Å². The van der Waals surface area contributed by atoms with Crippen molar-refractivity contribution in [2.75, 3.05) is 31.1 Å². The Balaban J connectivity index is 1.01. The Hall–Kier alpha value is -4.52. The van der Waals surface area contributed by atoms with Gasteiger partial charge in [0.05, 0.1) is 28.8 Å². The summed E-state index contributed by atoms with van der Waals surface area (Å²) in [6.45, 7) is 0.239. The van der Waals surface area contributed by atoms with Gasteiger partial charge in [-0.3, -0.25) is 14.8 Å². The summed E-state index contributed by atoms with van der Waals surface area (Å²) in [7, 11) is 0. The van der Waals surface area contributed by atoms with Crippen LogP contribution >= 0.6 is 23.2 Å². The highest BCUT2D eigenvalue weighted by Gasteiger charge is 2.74. The first-order valence-corrected chi connectivity index (χ1v) is 18.4. The van der Waals surface area contributed by atoms with E-state index in [1.807, 2.05) is 6.07 Å². The SMILES string of the molecule is O=C(O[C@@H](Cc1c(Cl)cncc1Cl)c1ccc(OC(F)F)c(OCC2CC2)c1)c1ccc(CN(C(=O)O[C@]23CN4CCC2C3C4)c2ccccn2)cc1. The van der Waals surface area contributed by atoms with Crippen LogP contribution in [0.25, 0.3) is 0 Å². The molecule has 53 heavy (non-hydrogen) atoms. The lowest BCUT2D eigenvalue weighted by Gasteiger charge is -2.30. The Kier molecular flexibility index (Phi) is 9.86. The van der Waals surface area contributed by atoms with Crippen molar-refractivity contribution in [2.45, 2.75) is 50.5 Å². The first kappa shape index (κ1) is 35.5. The van der Waals surface area contributed by atoms with Crippen molar-refractivity contribution in [3.8, 4) is 11.5 Å². The Morgan fingerprint density at radius 1 is 0.981 bits per heavy atom. The van der Waals surface area contributed by atoms with Crippen LogP contribution in [0.15, 0.2) is 79.3 Å². The molecule has 9 rings (SSSR count). The summed E-state index contributed by atoms with van der Waals surface area (Å²) in [6.07, 6.45) is 6.18. The largest absolute Gasteiger partial charge is 0.489 e. The van der Waals surface area contributed by atoms with Crippen LogP contribution in [0.1, 0.15) is 52.4 Å². The van der Waals surface area contributed by atoms with Crippen LogP contribution in [0.5, 0.6) is 11.5 Å². The van der Waals surface area contributed by atoms with Gasteiger partial charge in [0.15, 0.2) is 11.5 Å². The number of piperidine rings is 3. The van der Waals surface area contributed by atoms with Crippen LogP contribution in [0, 0.1) is 17.8 Å². The predicted molar refractivity (Wildman–Crippen MR) is 192 cm³/mol. The zero-order valence-electron chi connectivity index (χ0n) is 28.5. The molecular formula is C39H36Cl2F2N4O6. The second kappa shape index (κ2) is 14.7. The lowest BCUT2D eigenvalue weighted by molar-refractivity contribution is -0.0515. The van der Waals surface area contributed by atoms with Gasteiger partial charge in [-0.05, 0) is 84.8 Å². The molecule has 3 aliphatic heterocycles. The molecule has 2 aromatic heterocycles. The van der Waals surface area contributed by atoms with E-state index in [9.17, 15) is 18.4 Å². The number of alkyl halides is 2. The molecule has 4 aromatic rings. The van der Waals surface area contributed by atoms with Crippen LogP contribution in [0.2, 0.25) is 10.0 Å². The summed E-state index contributed by atoms with van der Waals surface area (Å²) in [5.41, 5.74) is 1.52. The third kappa shape index (κ3) is 7.63.